The molecule has 0 radical (unpaired) electrons. The number of amides is 1. The van der Waals surface area contributed by atoms with Gasteiger partial charge >= 0.3 is 6.09 Å². The van der Waals surface area contributed by atoms with Crippen LogP contribution in [0.5, 0.6) is 5.75 Å². The van der Waals surface area contributed by atoms with E-state index in [1.165, 1.54) is 21.3 Å². The van der Waals surface area contributed by atoms with Crippen LogP contribution in [0.3, 0.4) is 0 Å². The number of rotatable bonds is 6. The normalized spacial score (nSPS) is 11.0. The van der Waals surface area contributed by atoms with Gasteiger partial charge in [-0.15, -0.1) is 0 Å². The number of hydrogen-bond acceptors (Lipinski definition) is 2. The standard InChI is InChI=1S/C26H24FIN2O2/c1-3-29(4-2)26(31)32-24-14-13-23-21(25(24)18-9-11-20(27)12-10-18)15-16-30(23)17-19-7-5-6-8-22(19)28/h5-16H,3-4,17H2,1-2H3. The second-order valence-corrected chi connectivity index (χ2v) is 8.62. The quantitative estimate of drug-likeness (QED) is 0.248. The van der Waals surface area contributed by atoms with Gasteiger partial charge in [-0.1, -0.05) is 30.3 Å². The third-order valence-corrected chi connectivity index (χ3v) is 6.62. The van der Waals surface area contributed by atoms with Crippen molar-refractivity contribution >= 4 is 39.6 Å². The molecule has 4 rings (SSSR count). The number of halogens is 2. The van der Waals surface area contributed by atoms with Gasteiger partial charge < -0.3 is 14.2 Å². The van der Waals surface area contributed by atoms with Gasteiger partial charge in [-0.25, -0.2) is 9.18 Å². The summed E-state index contributed by atoms with van der Waals surface area (Å²) in [6.07, 6.45) is 1.65. The van der Waals surface area contributed by atoms with Crippen molar-refractivity contribution in [1.29, 1.82) is 0 Å². The van der Waals surface area contributed by atoms with E-state index in [1.54, 1.807) is 17.0 Å². The van der Waals surface area contributed by atoms with Crippen LogP contribution < -0.4 is 4.74 Å². The van der Waals surface area contributed by atoms with Crippen LogP contribution in [0.15, 0.2) is 72.9 Å². The molecule has 32 heavy (non-hydrogen) atoms. The Morgan fingerprint density at radius 2 is 1.72 bits per heavy atom. The third-order valence-electron chi connectivity index (χ3n) is 5.57. The molecule has 0 bridgehead atoms. The zero-order chi connectivity index (χ0) is 22.7. The van der Waals surface area contributed by atoms with Crippen LogP contribution in [-0.2, 0) is 6.54 Å². The molecule has 0 aliphatic carbocycles. The van der Waals surface area contributed by atoms with Crippen molar-refractivity contribution in [1.82, 2.24) is 9.47 Å². The summed E-state index contributed by atoms with van der Waals surface area (Å²) in [4.78, 5) is 14.3. The third kappa shape index (κ3) is 4.50. The van der Waals surface area contributed by atoms with E-state index >= 15 is 0 Å². The van der Waals surface area contributed by atoms with Crippen molar-refractivity contribution in [2.24, 2.45) is 0 Å². The molecule has 4 nitrogen and oxygen atoms in total. The highest BCUT2D eigenvalue weighted by atomic mass is 127. The van der Waals surface area contributed by atoms with Gasteiger partial charge in [-0.05, 0) is 84.0 Å². The van der Waals surface area contributed by atoms with E-state index in [9.17, 15) is 9.18 Å². The van der Waals surface area contributed by atoms with Gasteiger partial charge in [0.15, 0.2) is 0 Å². The number of benzene rings is 3. The molecule has 4 aromatic rings. The molecule has 0 spiro atoms. The first-order chi connectivity index (χ1) is 15.5. The van der Waals surface area contributed by atoms with Crippen LogP contribution >= 0.6 is 22.6 Å². The minimum absolute atomic E-state index is 0.307. The summed E-state index contributed by atoms with van der Waals surface area (Å²) < 4.78 is 22.8. The van der Waals surface area contributed by atoms with Crippen molar-refractivity contribution in [3.63, 3.8) is 0 Å². The van der Waals surface area contributed by atoms with E-state index < -0.39 is 6.09 Å². The molecule has 0 fully saturated rings. The van der Waals surface area contributed by atoms with Gasteiger partial charge in [0.05, 0.1) is 0 Å². The van der Waals surface area contributed by atoms with Crippen LogP contribution in [-0.4, -0.2) is 28.6 Å². The Kier molecular flexibility index (Phi) is 6.79. The molecule has 1 amide bonds. The molecule has 3 aromatic carbocycles. The summed E-state index contributed by atoms with van der Waals surface area (Å²) in [6.45, 7) is 5.69. The summed E-state index contributed by atoms with van der Waals surface area (Å²) >= 11 is 2.35. The minimum Gasteiger partial charge on any atom is -0.410 e. The molecule has 1 aromatic heterocycles. The van der Waals surface area contributed by atoms with Crippen molar-refractivity contribution in [2.75, 3.05) is 13.1 Å². The Morgan fingerprint density at radius 1 is 1.00 bits per heavy atom. The fraction of sp³-hybridized carbons (Fsp3) is 0.192. The Bertz CT molecular complexity index is 1250. The maximum atomic E-state index is 13.6. The SMILES string of the molecule is CCN(CC)C(=O)Oc1ccc2c(ccn2Cc2ccccc2I)c1-c1ccc(F)cc1. The number of fused-ring (bicyclic) bond motifs is 1. The topological polar surface area (TPSA) is 34.5 Å². The van der Waals surface area contributed by atoms with E-state index in [2.05, 4.69) is 39.3 Å². The molecule has 164 valence electrons. The Hall–Kier alpha value is -2.87. The van der Waals surface area contributed by atoms with Gasteiger partial charge in [0.2, 0.25) is 0 Å². The second-order valence-electron chi connectivity index (χ2n) is 7.45. The average Bonchev–Trinajstić information content (AvgIpc) is 3.19. The van der Waals surface area contributed by atoms with Crippen LogP contribution in [0, 0.1) is 9.39 Å². The molecular weight excluding hydrogens is 518 g/mol. The number of carbonyl (C=O) groups is 1. The summed E-state index contributed by atoms with van der Waals surface area (Å²) in [5.41, 5.74) is 3.83. The zero-order valence-corrected chi connectivity index (χ0v) is 20.2. The first-order valence-corrected chi connectivity index (χ1v) is 11.7. The van der Waals surface area contributed by atoms with Crippen LogP contribution in [0.25, 0.3) is 22.0 Å². The molecule has 6 heteroatoms. The summed E-state index contributed by atoms with van der Waals surface area (Å²) in [5.74, 6) is 0.159. The number of ether oxygens (including phenoxy) is 1. The van der Waals surface area contributed by atoms with Gasteiger partial charge in [-0.3, -0.25) is 0 Å². The summed E-state index contributed by atoms with van der Waals surface area (Å²) in [5, 5.41) is 0.951. The van der Waals surface area contributed by atoms with Gasteiger partial charge in [0, 0.05) is 45.9 Å². The number of carbonyl (C=O) groups excluding carboxylic acids is 1. The predicted molar refractivity (Wildman–Crippen MR) is 135 cm³/mol. The molecule has 0 saturated heterocycles. The summed E-state index contributed by atoms with van der Waals surface area (Å²) in [6, 6.07) is 20.4. The van der Waals surface area contributed by atoms with Crippen molar-refractivity contribution in [3.8, 4) is 16.9 Å². The van der Waals surface area contributed by atoms with E-state index in [0.29, 0.717) is 18.8 Å². The maximum absolute atomic E-state index is 13.6. The number of aromatic nitrogens is 1. The Labute approximate surface area is 200 Å². The highest BCUT2D eigenvalue weighted by Gasteiger charge is 2.19. The molecule has 0 atom stereocenters. The highest BCUT2D eigenvalue weighted by molar-refractivity contribution is 14.1. The lowest BCUT2D eigenvalue weighted by molar-refractivity contribution is 0.157. The van der Waals surface area contributed by atoms with Gasteiger partial charge in [0.25, 0.3) is 0 Å². The second kappa shape index (κ2) is 9.73. The predicted octanol–water partition coefficient (Wildman–Crippen LogP) is 6.94. The average molecular weight is 542 g/mol. The van der Waals surface area contributed by atoms with E-state index in [4.69, 9.17) is 4.74 Å². The molecule has 0 unspecified atom stereocenters. The van der Waals surface area contributed by atoms with Crippen LogP contribution in [0.1, 0.15) is 19.4 Å². The van der Waals surface area contributed by atoms with E-state index in [-0.39, 0.29) is 5.82 Å². The lowest BCUT2D eigenvalue weighted by atomic mass is 10.0. The molecule has 0 aliphatic heterocycles. The molecule has 0 aliphatic rings. The Morgan fingerprint density at radius 3 is 2.41 bits per heavy atom. The fourth-order valence-corrected chi connectivity index (χ4v) is 4.40. The van der Waals surface area contributed by atoms with Crippen LogP contribution in [0.4, 0.5) is 9.18 Å². The van der Waals surface area contributed by atoms with Crippen LogP contribution in [0.2, 0.25) is 0 Å². The highest BCUT2D eigenvalue weighted by Crippen LogP contribution is 2.38. The van der Waals surface area contributed by atoms with Gasteiger partial charge in [-0.2, -0.15) is 0 Å². The number of hydrogen-bond donors (Lipinski definition) is 0. The lowest BCUT2D eigenvalue weighted by Crippen LogP contribution is -2.33. The smallest absolute Gasteiger partial charge is 0.410 e. The molecule has 1 heterocycles. The molecule has 0 saturated carbocycles. The van der Waals surface area contributed by atoms with Crippen molar-refractivity contribution in [3.05, 3.63) is 87.9 Å². The van der Waals surface area contributed by atoms with E-state index in [1.807, 2.05) is 50.4 Å². The largest absolute Gasteiger partial charge is 0.415 e. The first kappa shape index (κ1) is 22.3. The molecule has 0 N–H and O–H groups in total. The first-order valence-electron chi connectivity index (χ1n) is 10.6. The van der Waals surface area contributed by atoms with Crippen molar-refractivity contribution < 1.29 is 13.9 Å². The van der Waals surface area contributed by atoms with E-state index in [0.717, 1.165) is 28.6 Å². The fourth-order valence-electron chi connectivity index (χ4n) is 3.84. The van der Waals surface area contributed by atoms with Crippen molar-refractivity contribution in [2.45, 2.75) is 20.4 Å². The summed E-state index contributed by atoms with van der Waals surface area (Å²) in [7, 11) is 0. The van der Waals surface area contributed by atoms with Gasteiger partial charge in [0.1, 0.15) is 11.6 Å². The zero-order valence-electron chi connectivity index (χ0n) is 18.0. The lowest BCUT2D eigenvalue weighted by Gasteiger charge is -2.20. The minimum atomic E-state index is -0.393. The Balaban J connectivity index is 1.82. The number of nitrogens with zero attached hydrogens (tertiary/aromatic N) is 2. The molecular formula is C26H24FIN2O2. The monoisotopic (exact) mass is 542 g/mol. The maximum Gasteiger partial charge on any atom is 0.415 e.